The molecule has 0 fully saturated rings. The van der Waals surface area contributed by atoms with Gasteiger partial charge in [-0.25, -0.2) is 0 Å². The first-order valence-corrected chi connectivity index (χ1v) is 6.41. The van der Waals surface area contributed by atoms with E-state index < -0.39 is 0 Å². The number of hydrogen-bond donors (Lipinski definition) is 1. The second kappa shape index (κ2) is 5.40. The van der Waals surface area contributed by atoms with Gasteiger partial charge in [-0.05, 0) is 62.1 Å². The van der Waals surface area contributed by atoms with E-state index in [1.165, 1.54) is 22.3 Å². The summed E-state index contributed by atoms with van der Waals surface area (Å²) in [6.07, 6.45) is 1.71. The summed E-state index contributed by atoms with van der Waals surface area (Å²) in [6, 6.07) is 8.78. The summed E-state index contributed by atoms with van der Waals surface area (Å²) in [5.74, 6) is 0.975. The van der Waals surface area contributed by atoms with Crippen LogP contribution in [0.15, 0.2) is 34.9 Å². The molecule has 0 spiro atoms. The van der Waals surface area contributed by atoms with E-state index in [-0.39, 0.29) is 0 Å². The summed E-state index contributed by atoms with van der Waals surface area (Å²) in [6.45, 7) is 9.46. The van der Waals surface area contributed by atoms with Gasteiger partial charge in [0.1, 0.15) is 5.76 Å². The fraction of sp³-hybridized carbons (Fsp3) is 0.375. The first-order chi connectivity index (χ1) is 8.58. The van der Waals surface area contributed by atoms with E-state index in [1.807, 2.05) is 12.1 Å². The van der Waals surface area contributed by atoms with Crippen LogP contribution < -0.4 is 5.32 Å². The predicted molar refractivity (Wildman–Crippen MR) is 74.6 cm³/mol. The van der Waals surface area contributed by atoms with E-state index in [0.717, 1.165) is 12.3 Å². The Labute approximate surface area is 109 Å². The van der Waals surface area contributed by atoms with Gasteiger partial charge >= 0.3 is 0 Å². The molecule has 0 aliphatic carbocycles. The molecule has 0 bridgehead atoms. The van der Waals surface area contributed by atoms with Crippen molar-refractivity contribution in [2.24, 2.45) is 0 Å². The Morgan fingerprint density at radius 2 is 1.83 bits per heavy atom. The molecule has 18 heavy (non-hydrogen) atoms. The topological polar surface area (TPSA) is 25.2 Å². The molecule has 2 aromatic rings. The summed E-state index contributed by atoms with van der Waals surface area (Å²) in [5, 5.41) is 3.50. The van der Waals surface area contributed by atoms with Crippen molar-refractivity contribution in [3.05, 3.63) is 58.5 Å². The van der Waals surface area contributed by atoms with E-state index in [0.29, 0.717) is 6.04 Å². The predicted octanol–water partition coefficient (Wildman–Crippen LogP) is 4.06. The SMILES string of the molecule is Cc1cc(C)c(C(C)NCc2ccco2)cc1C. The van der Waals surface area contributed by atoms with Gasteiger partial charge in [-0.2, -0.15) is 0 Å². The maximum absolute atomic E-state index is 5.33. The van der Waals surface area contributed by atoms with Gasteiger partial charge in [0.25, 0.3) is 0 Å². The molecule has 0 radical (unpaired) electrons. The molecule has 96 valence electrons. The average Bonchev–Trinajstić information content (AvgIpc) is 2.84. The van der Waals surface area contributed by atoms with Crippen molar-refractivity contribution < 1.29 is 4.42 Å². The van der Waals surface area contributed by atoms with E-state index in [2.05, 4.69) is 45.1 Å². The Balaban J connectivity index is 2.09. The summed E-state index contributed by atoms with van der Waals surface area (Å²) in [4.78, 5) is 0. The maximum atomic E-state index is 5.33. The number of rotatable bonds is 4. The molecule has 0 aliphatic rings. The lowest BCUT2D eigenvalue weighted by Gasteiger charge is -2.17. The van der Waals surface area contributed by atoms with Crippen LogP contribution in [0.2, 0.25) is 0 Å². The molecular weight excluding hydrogens is 222 g/mol. The lowest BCUT2D eigenvalue weighted by Crippen LogP contribution is -2.18. The van der Waals surface area contributed by atoms with Crippen LogP contribution in [0.25, 0.3) is 0 Å². The Bertz CT molecular complexity index is 514. The fourth-order valence-electron chi connectivity index (χ4n) is 2.23. The molecule has 2 heteroatoms. The van der Waals surface area contributed by atoms with Crippen LogP contribution in [0, 0.1) is 20.8 Å². The zero-order valence-electron chi connectivity index (χ0n) is 11.6. The molecule has 0 amide bonds. The van der Waals surface area contributed by atoms with Crippen LogP contribution >= 0.6 is 0 Å². The van der Waals surface area contributed by atoms with E-state index in [4.69, 9.17) is 4.42 Å². The molecule has 1 unspecified atom stereocenters. The highest BCUT2D eigenvalue weighted by atomic mass is 16.3. The minimum Gasteiger partial charge on any atom is -0.468 e. The number of hydrogen-bond acceptors (Lipinski definition) is 2. The first-order valence-electron chi connectivity index (χ1n) is 6.41. The third kappa shape index (κ3) is 2.82. The van der Waals surface area contributed by atoms with Crippen LogP contribution in [0.4, 0.5) is 0 Å². The van der Waals surface area contributed by atoms with Gasteiger partial charge < -0.3 is 9.73 Å². The zero-order valence-corrected chi connectivity index (χ0v) is 11.6. The normalized spacial score (nSPS) is 12.7. The molecule has 2 rings (SSSR count). The quantitative estimate of drug-likeness (QED) is 0.876. The average molecular weight is 243 g/mol. The highest BCUT2D eigenvalue weighted by Crippen LogP contribution is 2.21. The van der Waals surface area contributed by atoms with Crippen LogP contribution in [0.5, 0.6) is 0 Å². The fourth-order valence-corrected chi connectivity index (χ4v) is 2.23. The van der Waals surface area contributed by atoms with Gasteiger partial charge in [-0.1, -0.05) is 12.1 Å². The highest BCUT2D eigenvalue weighted by Gasteiger charge is 2.10. The molecule has 1 heterocycles. The van der Waals surface area contributed by atoms with Gasteiger partial charge in [0.15, 0.2) is 0 Å². The van der Waals surface area contributed by atoms with E-state index in [9.17, 15) is 0 Å². The molecule has 1 atom stereocenters. The zero-order chi connectivity index (χ0) is 13.1. The summed E-state index contributed by atoms with van der Waals surface area (Å²) in [7, 11) is 0. The number of aryl methyl sites for hydroxylation is 3. The first kappa shape index (κ1) is 12.9. The molecule has 0 saturated carbocycles. The van der Waals surface area contributed by atoms with Crippen molar-refractivity contribution in [2.45, 2.75) is 40.3 Å². The Morgan fingerprint density at radius 1 is 1.11 bits per heavy atom. The molecule has 1 aromatic heterocycles. The summed E-state index contributed by atoms with van der Waals surface area (Å²) < 4.78 is 5.33. The molecule has 1 aromatic carbocycles. The number of benzene rings is 1. The summed E-state index contributed by atoms with van der Waals surface area (Å²) >= 11 is 0. The smallest absolute Gasteiger partial charge is 0.117 e. The molecule has 0 saturated heterocycles. The minimum atomic E-state index is 0.328. The Morgan fingerprint density at radius 3 is 2.50 bits per heavy atom. The monoisotopic (exact) mass is 243 g/mol. The molecule has 1 N–H and O–H groups in total. The third-order valence-corrected chi connectivity index (χ3v) is 3.51. The van der Waals surface area contributed by atoms with Crippen molar-refractivity contribution in [1.29, 1.82) is 0 Å². The van der Waals surface area contributed by atoms with Crippen molar-refractivity contribution >= 4 is 0 Å². The van der Waals surface area contributed by atoms with Crippen LogP contribution in [-0.2, 0) is 6.54 Å². The highest BCUT2D eigenvalue weighted by molar-refractivity contribution is 5.38. The Hall–Kier alpha value is -1.54. The molecular formula is C16H21NO. The second-order valence-electron chi connectivity index (χ2n) is 4.98. The molecule has 2 nitrogen and oxygen atoms in total. The molecule has 0 aliphatic heterocycles. The van der Waals surface area contributed by atoms with Gasteiger partial charge in [0.05, 0.1) is 12.8 Å². The maximum Gasteiger partial charge on any atom is 0.117 e. The van der Waals surface area contributed by atoms with Crippen LogP contribution in [-0.4, -0.2) is 0 Å². The van der Waals surface area contributed by atoms with Gasteiger partial charge in [0, 0.05) is 6.04 Å². The van der Waals surface area contributed by atoms with Crippen molar-refractivity contribution in [3.63, 3.8) is 0 Å². The van der Waals surface area contributed by atoms with Crippen LogP contribution in [0.3, 0.4) is 0 Å². The third-order valence-electron chi connectivity index (χ3n) is 3.51. The van der Waals surface area contributed by atoms with Gasteiger partial charge in [0.2, 0.25) is 0 Å². The van der Waals surface area contributed by atoms with Crippen LogP contribution in [0.1, 0.15) is 41.0 Å². The standard InChI is InChI=1S/C16H21NO/c1-11-8-13(3)16(9-12(11)2)14(4)17-10-15-6-5-7-18-15/h5-9,14,17H,10H2,1-4H3. The largest absolute Gasteiger partial charge is 0.468 e. The van der Waals surface area contributed by atoms with E-state index in [1.54, 1.807) is 6.26 Å². The lowest BCUT2D eigenvalue weighted by atomic mass is 9.96. The van der Waals surface area contributed by atoms with Crippen molar-refractivity contribution in [3.8, 4) is 0 Å². The lowest BCUT2D eigenvalue weighted by molar-refractivity contribution is 0.460. The van der Waals surface area contributed by atoms with Crippen molar-refractivity contribution in [1.82, 2.24) is 5.32 Å². The second-order valence-corrected chi connectivity index (χ2v) is 4.98. The van der Waals surface area contributed by atoms with Gasteiger partial charge in [-0.15, -0.1) is 0 Å². The number of furan rings is 1. The van der Waals surface area contributed by atoms with Gasteiger partial charge in [-0.3, -0.25) is 0 Å². The number of nitrogens with one attached hydrogen (secondary N) is 1. The van der Waals surface area contributed by atoms with E-state index >= 15 is 0 Å². The summed E-state index contributed by atoms with van der Waals surface area (Å²) in [5.41, 5.74) is 5.42. The van der Waals surface area contributed by atoms with Crippen molar-refractivity contribution in [2.75, 3.05) is 0 Å². The minimum absolute atomic E-state index is 0.328. The Kier molecular flexibility index (Phi) is 3.87.